The summed E-state index contributed by atoms with van der Waals surface area (Å²) in [5.41, 5.74) is 3.49. The van der Waals surface area contributed by atoms with E-state index in [1.165, 1.54) is 44.1 Å². The van der Waals surface area contributed by atoms with Crippen molar-refractivity contribution in [3.05, 3.63) is 54.1 Å². The molecule has 0 unspecified atom stereocenters. The molecular weight excluding hydrogens is 330 g/mol. The van der Waals surface area contributed by atoms with Crippen molar-refractivity contribution in [2.45, 2.75) is 58.5 Å². The summed E-state index contributed by atoms with van der Waals surface area (Å²) in [4.78, 5) is 0. The van der Waals surface area contributed by atoms with E-state index >= 15 is 0 Å². The minimum Gasteiger partial charge on any atom is -0.435 e. The number of halogens is 2. The molecule has 3 heteroatoms. The molecule has 0 aromatic heterocycles. The van der Waals surface area contributed by atoms with Crippen molar-refractivity contribution in [2.24, 2.45) is 11.8 Å². The van der Waals surface area contributed by atoms with Gasteiger partial charge in [0.1, 0.15) is 5.75 Å². The molecule has 0 radical (unpaired) electrons. The van der Waals surface area contributed by atoms with Crippen molar-refractivity contribution in [1.29, 1.82) is 0 Å². The fraction of sp³-hybridized carbons (Fsp3) is 0.478. The summed E-state index contributed by atoms with van der Waals surface area (Å²) >= 11 is 0. The number of alkyl halides is 2. The van der Waals surface area contributed by atoms with Crippen LogP contribution in [0.15, 0.2) is 48.5 Å². The standard InChI is InChI=1S/C23H28F2O/c1-2-17-3-5-18(6-4-17)7-8-19-9-11-20(12-10-19)21-13-15-22(16-14-21)26-23(24)25/h9-18,23H,2-8H2,1H3. The lowest BCUT2D eigenvalue weighted by molar-refractivity contribution is -0.0498. The van der Waals surface area contributed by atoms with Gasteiger partial charge in [0.15, 0.2) is 0 Å². The van der Waals surface area contributed by atoms with Crippen molar-refractivity contribution in [3.63, 3.8) is 0 Å². The van der Waals surface area contributed by atoms with E-state index < -0.39 is 6.61 Å². The van der Waals surface area contributed by atoms with Crippen LogP contribution in [0.1, 0.15) is 51.0 Å². The van der Waals surface area contributed by atoms with Crippen molar-refractivity contribution in [3.8, 4) is 16.9 Å². The Morgan fingerprint density at radius 3 is 1.92 bits per heavy atom. The van der Waals surface area contributed by atoms with Crippen molar-refractivity contribution in [1.82, 2.24) is 0 Å². The second-order valence-corrected chi connectivity index (χ2v) is 7.43. The van der Waals surface area contributed by atoms with Gasteiger partial charge in [-0.15, -0.1) is 0 Å². The van der Waals surface area contributed by atoms with Gasteiger partial charge in [-0.25, -0.2) is 0 Å². The first-order valence-corrected chi connectivity index (χ1v) is 9.78. The number of hydrogen-bond donors (Lipinski definition) is 0. The molecule has 0 N–H and O–H groups in total. The SMILES string of the molecule is CCC1CCC(CCc2ccc(-c3ccc(OC(F)F)cc3)cc2)CC1. The summed E-state index contributed by atoms with van der Waals surface area (Å²) in [5.74, 6) is 2.04. The summed E-state index contributed by atoms with van der Waals surface area (Å²) < 4.78 is 28.8. The molecule has 2 aromatic carbocycles. The number of rotatable bonds is 7. The second kappa shape index (κ2) is 9.16. The number of benzene rings is 2. The maximum atomic E-state index is 12.2. The van der Waals surface area contributed by atoms with Crippen molar-refractivity contribution in [2.75, 3.05) is 0 Å². The highest BCUT2D eigenvalue weighted by atomic mass is 19.3. The van der Waals surface area contributed by atoms with Gasteiger partial charge in [-0.3, -0.25) is 0 Å². The van der Waals surface area contributed by atoms with Crippen LogP contribution in [-0.4, -0.2) is 6.61 Å². The molecule has 1 fully saturated rings. The highest BCUT2D eigenvalue weighted by Gasteiger charge is 2.19. The quantitative estimate of drug-likeness (QED) is 0.513. The van der Waals surface area contributed by atoms with E-state index in [0.717, 1.165) is 29.4 Å². The zero-order valence-corrected chi connectivity index (χ0v) is 15.5. The predicted octanol–water partition coefficient (Wildman–Crippen LogP) is 7.10. The van der Waals surface area contributed by atoms with E-state index in [9.17, 15) is 8.78 Å². The van der Waals surface area contributed by atoms with Gasteiger partial charge in [-0.05, 0) is 53.5 Å². The summed E-state index contributed by atoms with van der Waals surface area (Å²) in [6.45, 7) is -0.469. The van der Waals surface area contributed by atoms with Crippen LogP contribution in [0.4, 0.5) is 8.78 Å². The summed E-state index contributed by atoms with van der Waals surface area (Å²) in [6, 6.07) is 15.4. The Bertz CT molecular complexity index is 656. The molecule has 0 saturated heterocycles. The molecule has 1 nitrogen and oxygen atoms in total. The van der Waals surface area contributed by atoms with Crippen LogP contribution < -0.4 is 4.74 Å². The van der Waals surface area contributed by atoms with Crippen LogP contribution in [0.3, 0.4) is 0 Å². The van der Waals surface area contributed by atoms with Gasteiger partial charge < -0.3 is 4.74 Å². The molecule has 1 aliphatic carbocycles. The van der Waals surface area contributed by atoms with E-state index in [0.29, 0.717) is 0 Å². The van der Waals surface area contributed by atoms with Gasteiger partial charge in [0.25, 0.3) is 0 Å². The molecule has 0 aliphatic heterocycles. The first-order valence-electron chi connectivity index (χ1n) is 9.78. The highest BCUT2D eigenvalue weighted by molar-refractivity contribution is 5.64. The van der Waals surface area contributed by atoms with Crippen LogP contribution in [0.5, 0.6) is 5.75 Å². The third-order valence-corrected chi connectivity index (χ3v) is 5.75. The van der Waals surface area contributed by atoms with Crippen LogP contribution in [0.25, 0.3) is 11.1 Å². The topological polar surface area (TPSA) is 9.23 Å². The Balaban J connectivity index is 1.52. The van der Waals surface area contributed by atoms with Crippen molar-refractivity contribution < 1.29 is 13.5 Å². The Morgan fingerprint density at radius 1 is 0.846 bits per heavy atom. The van der Waals surface area contributed by atoms with E-state index in [1.54, 1.807) is 12.1 Å². The largest absolute Gasteiger partial charge is 0.435 e. The van der Waals surface area contributed by atoms with E-state index in [1.807, 2.05) is 12.1 Å². The fourth-order valence-corrected chi connectivity index (χ4v) is 3.99. The van der Waals surface area contributed by atoms with Gasteiger partial charge in [0.2, 0.25) is 0 Å². The fourth-order valence-electron chi connectivity index (χ4n) is 3.99. The van der Waals surface area contributed by atoms with Crippen LogP contribution in [-0.2, 0) is 6.42 Å². The van der Waals surface area contributed by atoms with E-state index in [-0.39, 0.29) is 5.75 Å². The van der Waals surface area contributed by atoms with Gasteiger partial charge in [0.05, 0.1) is 0 Å². The summed E-state index contributed by atoms with van der Waals surface area (Å²) in [6.07, 6.45) is 9.37. The maximum absolute atomic E-state index is 12.2. The van der Waals surface area contributed by atoms with E-state index in [2.05, 4.69) is 35.9 Å². The smallest absolute Gasteiger partial charge is 0.387 e. The molecule has 0 spiro atoms. The van der Waals surface area contributed by atoms with Gasteiger partial charge in [0, 0.05) is 0 Å². The Labute approximate surface area is 155 Å². The molecule has 26 heavy (non-hydrogen) atoms. The molecule has 140 valence electrons. The molecule has 0 amide bonds. The Morgan fingerprint density at radius 2 is 1.38 bits per heavy atom. The lowest BCUT2D eigenvalue weighted by atomic mass is 9.78. The first kappa shape index (κ1) is 18.9. The second-order valence-electron chi connectivity index (χ2n) is 7.43. The Kier molecular flexibility index (Phi) is 6.65. The minimum atomic E-state index is -2.78. The minimum absolute atomic E-state index is 0.193. The summed E-state index contributed by atoms with van der Waals surface area (Å²) in [7, 11) is 0. The Hall–Kier alpha value is -1.90. The van der Waals surface area contributed by atoms with E-state index in [4.69, 9.17) is 0 Å². The van der Waals surface area contributed by atoms with Crippen molar-refractivity contribution >= 4 is 0 Å². The van der Waals surface area contributed by atoms with Gasteiger partial charge >= 0.3 is 6.61 Å². The van der Waals surface area contributed by atoms with Crippen LogP contribution in [0.2, 0.25) is 0 Å². The van der Waals surface area contributed by atoms with Crippen LogP contribution in [0, 0.1) is 11.8 Å². The lowest BCUT2D eigenvalue weighted by Crippen LogP contribution is -2.14. The maximum Gasteiger partial charge on any atom is 0.387 e. The molecule has 0 heterocycles. The highest BCUT2D eigenvalue weighted by Crippen LogP contribution is 2.33. The zero-order valence-electron chi connectivity index (χ0n) is 15.5. The van der Waals surface area contributed by atoms with Gasteiger partial charge in [-0.1, -0.05) is 75.4 Å². The molecule has 1 saturated carbocycles. The molecule has 3 rings (SSSR count). The number of hydrogen-bond acceptors (Lipinski definition) is 1. The van der Waals surface area contributed by atoms with Gasteiger partial charge in [-0.2, -0.15) is 8.78 Å². The molecule has 0 atom stereocenters. The molecule has 1 aliphatic rings. The molecule has 2 aromatic rings. The predicted molar refractivity (Wildman–Crippen MR) is 103 cm³/mol. The monoisotopic (exact) mass is 358 g/mol. The summed E-state index contributed by atoms with van der Waals surface area (Å²) in [5, 5.41) is 0. The first-order chi connectivity index (χ1) is 12.6. The lowest BCUT2D eigenvalue weighted by Gasteiger charge is -2.27. The third-order valence-electron chi connectivity index (χ3n) is 5.75. The average Bonchev–Trinajstić information content (AvgIpc) is 2.67. The normalized spacial score (nSPS) is 20.3. The van der Waals surface area contributed by atoms with Crippen LogP contribution >= 0.6 is 0 Å². The average molecular weight is 358 g/mol. The molecule has 0 bridgehead atoms. The number of aryl methyl sites for hydroxylation is 1. The third kappa shape index (κ3) is 5.30. The zero-order chi connectivity index (χ0) is 18.4. The number of ether oxygens (including phenoxy) is 1. The molecular formula is C23H28F2O.